The predicted molar refractivity (Wildman–Crippen MR) is 83.7 cm³/mol. The van der Waals surface area contributed by atoms with Crippen LogP contribution in [0.4, 0.5) is 0 Å². The van der Waals surface area contributed by atoms with Gasteiger partial charge in [-0.2, -0.15) is 0 Å². The van der Waals surface area contributed by atoms with Gasteiger partial charge < -0.3 is 10.1 Å². The quantitative estimate of drug-likeness (QED) is 0.783. The molecule has 2 rings (SSSR count). The average Bonchev–Trinajstić information content (AvgIpc) is 2.44. The van der Waals surface area contributed by atoms with Gasteiger partial charge in [0.25, 0.3) is 0 Å². The van der Waals surface area contributed by atoms with E-state index in [-0.39, 0.29) is 0 Å². The highest BCUT2D eigenvalue weighted by Crippen LogP contribution is 2.26. The van der Waals surface area contributed by atoms with E-state index in [1.54, 1.807) is 0 Å². The SMILES string of the molecule is CCC1CCCCC1NCCOc1cccc(Br)c1. The van der Waals surface area contributed by atoms with Gasteiger partial charge in [-0.15, -0.1) is 0 Å². The van der Waals surface area contributed by atoms with Crippen LogP contribution in [0.15, 0.2) is 28.7 Å². The summed E-state index contributed by atoms with van der Waals surface area (Å²) in [5.74, 6) is 1.80. The van der Waals surface area contributed by atoms with Crippen LogP contribution in [0.5, 0.6) is 5.75 Å². The zero-order chi connectivity index (χ0) is 13.5. The number of nitrogens with one attached hydrogen (secondary N) is 1. The highest BCUT2D eigenvalue weighted by atomic mass is 79.9. The molecule has 2 atom stereocenters. The van der Waals surface area contributed by atoms with Crippen LogP contribution in [0.3, 0.4) is 0 Å². The second-order valence-corrected chi connectivity index (χ2v) is 6.23. The van der Waals surface area contributed by atoms with Gasteiger partial charge in [0.05, 0.1) is 0 Å². The maximum Gasteiger partial charge on any atom is 0.120 e. The molecule has 2 unspecified atom stereocenters. The van der Waals surface area contributed by atoms with E-state index in [9.17, 15) is 0 Å². The fourth-order valence-corrected chi connectivity index (χ4v) is 3.31. The molecule has 2 nitrogen and oxygen atoms in total. The predicted octanol–water partition coefficient (Wildman–Crippen LogP) is 4.39. The van der Waals surface area contributed by atoms with Gasteiger partial charge >= 0.3 is 0 Å². The Bertz CT molecular complexity index is 383. The molecular formula is C16H24BrNO. The molecule has 0 aromatic heterocycles. The molecule has 3 heteroatoms. The molecule has 106 valence electrons. The molecule has 0 radical (unpaired) electrons. The van der Waals surface area contributed by atoms with Crippen molar-refractivity contribution in [1.82, 2.24) is 5.32 Å². The molecule has 0 spiro atoms. The summed E-state index contributed by atoms with van der Waals surface area (Å²) in [6, 6.07) is 8.72. The molecule has 1 aromatic carbocycles. The Labute approximate surface area is 125 Å². The summed E-state index contributed by atoms with van der Waals surface area (Å²) < 4.78 is 6.82. The first kappa shape index (κ1) is 14.9. The summed E-state index contributed by atoms with van der Waals surface area (Å²) in [7, 11) is 0. The third-order valence-corrected chi connectivity index (χ3v) is 4.50. The third-order valence-electron chi connectivity index (χ3n) is 4.01. The smallest absolute Gasteiger partial charge is 0.120 e. The van der Waals surface area contributed by atoms with Gasteiger partial charge in [-0.25, -0.2) is 0 Å². The van der Waals surface area contributed by atoms with E-state index in [1.165, 1.54) is 32.1 Å². The molecule has 0 bridgehead atoms. The Balaban J connectivity index is 1.68. The minimum Gasteiger partial charge on any atom is -0.492 e. The number of halogens is 1. The fourth-order valence-electron chi connectivity index (χ4n) is 2.94. The van der Waals surface area contributed by atoms with Crippen molar-refractivity contribution < 1.29 is 4.74 Å². The van der Waals surface area contributed by atoms with Gasteiger partial charge in [0.2, 0.25) is 0 Å². The Morgan fingerprint density at radius 2 is 2.16 bits per heavy atom. The highest BCUT2D eigenvalue weighted by Gasteiger charge is 2.22. The number of hydrogen-bond acceptors (Lipinski definition) is 2. The standard InChI is InChI=1S/C16H24BrNO/c1-2-13-6-3-4-9-16(13)18-10-11-19-15-8-5-7-14(17)12-15/h5,7-8,12-13,16,18H,2-4,6,9-11H2,1H3. The molecule has 1 aliphatic carbocycles. The summed E-state index contributed by atoms with van der Waals surface area (Å²) in [6.45, 7) is 3.99. The Morgan fingerprint density at radius 1 is 1.32 bits per heavy atom. The zero-order valence-corrected chi connectivity index (χ0v) is 13.3. The van der Waals surface area contributed by atoms with Crippen LogP contribution in [0.25, 0.3) is 0 Å². The first-order chi connectivity index (χ1) is 9.29. The largest absolute Gasteiger partial charge is 0.492 e. The van der Waals surface area contributed by atoms with E-state index in [0.717, 1.165) is 29.3 Å². The van der Waals surface area contributed by atoms with Crippen molar-refractivity contribution >= 4 is 15.9 Å². The van der Waals surface area contributed by atoms with Gasteiger partial charge in [0.1, 0.15) is 12.4 Å². The maximum atomic E-state index is 5.75. The van der Waals surface area contributed by atoms with Gasteiger partial charge in [0, 0.05) is 17.1 Å². The third kappa shape index (κ3) is 4.81. The van der Waals surface area contributed by atoms with E-state index >= 15 is 0 Å². The second kappa shape index (κ2) is 7.91. The lowest BCUT2D eigenvalue weighted by molar-refractivity contribution is 0.235. The van der Waals surface area contributed by atoms with Gasteiger partial charge in [-0.05, 0) is 37.0 Å². The summed E-state index contributed by atoms with van der Waals surface area (Å²) in [5.41, 5.74) is 0. The van der Waals surface area contributed by atoms with Crippen LogP contribution < -0.4 is 10.1 Å². The molecule has 1 N–H and O–H groups in total. The van der Waals surface area contributed by atoms with Crippen molar-refractivity contribution in [3.8, 4) is 5.75 Å². The zero-order valence-electron chi connectivity index (χ0n) is 11.7. The normalized spacial score (nSPS) is 23.3. The summed E-state index contributed by atoms with van der Waals surface area (Å²) in [5, 5.41) is 3.67. The first-order valence-electron chi connectivity index (χ1n) is 7.41. The molecule has 0 heterocycles. The van der Waals surface area contributed by atoms with Crippen molar-refractivity contribution in [3.05, 3.63) is 28.7 Å². The van der Waals surface area contributed by atoms with Gasteiger partial charge in [-0.3, -0.25) is 0 Å². The van der Waals surface area contributed by atoms with E-state index in [4.69, 9.17) is 4.74 Å². The van der Waals surface area contributed by atoms with E-state index in [0.29, 0.717) is 6.04 Å². The fraction of sp³-hybridized carbons (Fsp3) is 0.625. The second-order valence-electron chi connectivity index (χ2n) is 5.32. The molecule has 1 saturated carbocycles. The van der Waals surface area contributed by atoms with Crippen molar-refractivity contribution in [3.63, 3.8) is 0 Å². The first-order valence-corrected chi connectivity index (χ1v) is 8.20. The molecule has 19 heavy (non-hydrogen) atoms. The number of benzene rings is 1. The monoisotopic (exact) mass is 325 g/mol. The van der Waals surface area contributed by atoms with Crippen molar-refractivity contribution in [2.24, 2.45) is 5.92 Å². The highest BCUT2D eigenvalue weighted by molar-refractivity contribution is 9.10. The van der Waals surface area contributed by atoms with Crippen molar-refractivity contribution in [2.45, 2.75) is 45.1 Å². The maximum absolute atomic E-state index is 5.75. The lowest BCUT2D eigenvalue weighted by Crippen LogP contribution is -2.40. The molecular weight excluding hydrogens is 302 g/mol. The average molecular weight is 326 g/mol. The van der Waals surface area contributed by atoms with E-state index in [1.807, 2.05) is 24.3 Å². The van der Waals surface area contributed by atoms with E-state index in [2.05, 4.69) is 28.2 Å². The van der Waals surface area contributed by atoms with E-state index < -0.39 is 0 Å². The minimum absolute atomic E-state index is 0.699. The Kier molecular flexibility index (Phi) is 6.18. The van der Waals surface area contributed by atoms with Crippen LogP contribution in [-0.2, 0) is 0 Å². The van der Waals surface area contributed by atoms with Crippen LogP contribution in [0, 0.1) is 5.92 Å². The van der Waals surface area contributed by atoms with Crippen LogP contribution >= 0.6 is 15.9 Å². The molecule has 1 fully saturated rings. The number of ether oxygens (including phenoxy) is 1. The van der Waals surface area contributed by atoms with Crippen LogP contribution in [0.1, 0.15) is 39.0 Å². The minimum atomic E-state index is 0.699. The molecule has 0 saturated heterocycles. The summed E-state index contributed by atoms with van der Waals surface area (Å²) in [4.78, 5) is 0. The molecule has 1 aliphatic rings. The van der Waals surface area contributed by atoms with Crippen molar-refractivity contribution in [2.75, 3.05) is 13.2 Å². The van der Waals surface area contributed by atoms with Crippen LogP contribution in [-0.4, -0.2) is 19.2 Å². The summed E-state index contributed by atoms with van der Waals surface area (Å²) in [6.07, 6.45) is 6.80. The number of hydrogen-bond donors (Lipinski definition) is 1. The van der Waals surface area contributed by atoms with Crippen LogP contribution in [0.2, 0.25) is 0 Å². The number of rotatable bonds is 6. The Morgan fingerprint density at radius 3 is 2.95 bits per heavy atom. The summed E-state index contributed by atoms with van der Waals surface area (Å²) >= 11 is 3.46. The van der Waals surface area contributed by atoms with Gasteiger partial charge in [0.15, 0.2) is 0 Å². The molecule has 1 aromatic rings. The molecule has 0 aliphatic heterocycles. The topological polar surface area (TPSA) is 21.3 Å². The Hall–Kier alpha value is -0.540. The molecule has 0 amide bonds. The van der Waals surface area contributed by atoms with Crippen molar-refractivity contribution in [1.29, 1.82) is 0 Å². The lowest BCUT2D eigenvalue weighted by Gasteiger charge is -2.31. The van der Waals surface area contributed by atoms with Gasteiger partial charge in [-0.1, -0.05) is 48.2 Å². The lowest BCUT2D eigenvalue weighted by atomic mass is 9.83.